The Kier molecular flexibility index (Phi) is 5.18. The molecule has 0 heterocycles. The van der Waals surface area contributed by atoms with E-state index in [4.69, 9.17) is 39.9 Å². The lowest BCUT2D eigenvalue weighted by Crippen LogP contribution is -2.27. The molecule has 0 radical (unpaired) electrons. The highest BCUT2D eigenvalue weighted by Gasteiger charge is 2.21. The molecule has 0 bridgehead atoms. The normalized spacial score (nSPS) is 11.0. The first-order valence-corrected chi connectivity index (χ1v) is 5.75. The number of alkyl carbamates (subject to hydrolysis) is 1. The van der Waals surface area contributed by atoms with Gasteiger partial charge in [0.05, 0.1) is 0 Å². The Morgan fingerprint density at radius 1 is 1.29 bits per heavy atom. The molecule has 0 unspecified atom stereocenters. The Morgan fingerprint density at radius 2 is 1.88 bits per heavy atom. The third-order valence-electron chi connectivity index (χ3n) is 1.74. The van der Waals surface area contributed by atoms with E-state index in [9.17, 15) is 4.79 Å². The van der Waals surface area contributed by atoms with Crippen molar-refractivity contribution in [1.29, 1.82) is 0 Å². The molecule has 17 heavy (non-hydrogen) atoms. The fourth-order valence-electron chi connectivity index (χ4n) is 0.986. The van der Waals surface area contributed by atoms with Gasteiger partial charge in [-0.1, -0.05) is 46.9 Å². The van der Waals surface area contributed by atoms with E-state index in [0.717, 1.165) is 5.56 Å². The molecule has 4 nitrogen and oxygen atoms in total. The van der Waals surface area contributed by atoms with Crippen LogP contribution in [0.5, 0.6) is 5.75 Å². The summed E-state index contributed by atoms with van der Waals surface area (Å²) in [6.07, 6.45) is -0.676. The van der Waals surface area contributed by atoms with Crippen LogP contribution in [0.2, 0.25) is 0 Å². The quantitative estimate of drug-likeness (QED) is 0.843. The third kappa shape index (κ3) is 6.46. The van der Waals surface area contributed by atoms with Gasteiger partial charge in [0.25, 0.3) is 0 Å². The van der Waals surface area contributed by atoms with E-state index in [1.165, 1.54) is 12.1 Å². The minimum Gasteiger partial charge on any atom is -0.508 e. The van der Waals surface area contributed by atoms with Crippen molar-refractivity contribution in [3.05, 3.63) is 29.8 Å². The zero-order chi connectivity index (χ0) is 12.9. The van der Waals surface area contributed by atoms with Crippen molar-refractivity contribution in [2.75, 3.05) is 6.61 Å². The van der Waals surface area contributed by atoms with Crippen LogP contribution in [0.4, 0.5) is 4.79 Å². The monoisotopic (exact) mass is 297 g/mol. The molecule has 1 amide bonds. The van der Waals surface area contributed by atoms with Gasteiger partial charge in [0.1, 0.15) is 12.4 Å². The Balaban J connectivity index is 2.31. The summed E-state index contributed by atoms with van der Waals surface area (Å²) in [7, 11) is 0. The van der Waals surface area contributed by atoms with Gasteiger partial charge in [-0.05, 0) is 17.7 Å². The Labute approximate surface area is 113 Å². The number of alkyl halides is 3. The molecule has 0 spiro atoms. The molecule has 1 aromatic carbocycles. The molecule has 7 heteroatoms. The lowest BCUT2D eigenvalue weighted by Gasteiger charge is -2.11. The summed E-state index contributed by atoms with van der Waals surface area (Å²) in [5.41, 5.74) is 0.814. The number of benzene rings is 1. The molecule has 2 N–H and O–H groups in total. The second kappa shape index (κ2) is 6.19. The largest absolute Gasteiger partial charge is 0.508 e. The number of hydrogen-bond acceptors (Lipinski definition) is 3. The number of rotatable bonds is 3. The summed E-state index contributed by atoms with van der Waals surface area (Å²) in [5.74, 6) is 0.160. The molecule has 0 saturated carbocycles. The molecule has 94 valence electrons. The van der Waals surface area contributed by atoms with Crippen LogP contribution in [0.25, 0.3) is 0 Å². The third-order valence-corrected chi connectivity index (χ3v) is 2.07. The molecule has 0 aliphatic rings. The Hall–Kier alpha value is -0.840. The number of aromatic hydroxyl groups is 1. The number of phenols is 1. The topological polar surface area (TPSA) is 58.6 Å². The van der Waals surface area contributed by atoms with E-state index in [2.05, 4.69) is 10.1 Å². The van der Waals surface area contributed by atoms with E-state index in [1.54, 1.807) is 12.1 Å². The van der Waals surface area contributed by atoms with Crippen LogP contribution in [-0.4, -0.2) is 21.6 Å². The summed E-state index contributed by atoms with van der Waals surface area (Å²) in [5, 5.41) is 11.5. The predicted molar refractivity (Wildman–Crippen MR) is 66.6 cm³/mol. The van der Waals surface area contributed by atoms with Crippen LogP contribution in [0, 0.1) is 0 Å². The average Bonchev–Trinajstić information content (AvgIpc) is 2.25. The van der Waals surface area contributed by atoms with Crippen LogP contribution >= 0.6 is 34.8 Å². The minimum absolute atomic E-state index is 0.160. The second-order valence-electron chi connectivity index (χ2n) is 3.21. The lowest BCUT2D eigenvalue weighted by atomic mass is 10.2. The van der Waals surface area contributed by atoms with E-state index in [-0.39, 0.29) is 18.9 Å². The Bertz CT molecular complexity index is 375. The molecular formula is C10H10Cl3NO3. The molecule has 0 atom stereocenters. The maximum absolute atomic E-state index is 11.2. The number of hydrogen-bond donors (Lipinski definition) is 2. The van der Waals surface area contributed by atoms with Gasteiger partial charge in [0, 0.05) is 6.54 Å². The fraction of sp³-hybridized carbons (Fsp3) is 0.300. The fourth-order valence-corrected chi connectivity index (χ4v) is 1.15. The lowest BCUT2D eigenvalue weighted by molar-refractivity contribution is 0.148. The Morgan fingerprint density at radius 3 is 2.41 bits per heavy atom. The van der Waals surface area contributed by atoms with Gasteiger partial charge in [0.2, 0.25) is 3.79 Å². The smallest absolute Gasteiger partial charge is 0.407 e. The molecule has 0 aliphatic carbocycles. The van der Waals surface area contributed by atoms with Crippen molar-refractivity contribution < 1.29 is 14.6 Å². The second-order valence-corrected chi connectivity index (χ2v) is 5.73. The number of ether oxygens (including phenoxy) is 1. The SMILES string of the molecule is O=C(NCc1ccc(O)cc1)OCC(Cl)(Cl)Cl. The van der Waals surface area contributed by atoms with Gasteiger partial charge in [-0.3, -0.25) is 0 Å². The molecule has 0 aromatic heterocycles. The number of amides is 1. The van der Waals surface area contributed by atoms with Crippen molar-refractivity contribution in [2.45, 2.75) is 10.3 Å². The first-order valence-electron chi connectivity index (χ1n) is 4.62. The predicted octanol–water partition coefficient (Wildman–Crippen LogP) is 2.99. The van der Waals surface area contributed by atoms with Crippen LogP contribution < -0.4 is 5.32 Å². The number of nitrogens with one attached hydrogen (secondary N) is 1. The van der Waals surface area contributed by atoms with Crippen LogP contribution in [0.15, 0.2) is 24.3 Å². The van der Waals surface area contributed by atoms with Gasteiger partial charge in [-0.15, -0.1) is 0 Å². The van der Waals surface area contributed by atoms with Gasteiger partial charge in [0.15, 0.2) is 0 Å². The van der Waals surface area contributed by atoms with Crippen molar-refractivity contribution in [3.8, 4) is 5.75 Å². The number of carbonyl (C=O) groups excluding carboxylic acids is 1. The zero-order valence-electron chi connectivity index (χ0n) is 8.62. The van der Waals surface area contributed by atoms with Gasteiger partial charge in [-0.25, -0.2) is 4.79 Å². The van der Waals surface area contributed by atoms with Crippen LogP contribution in [0.1, 0.15) is 5.56 Å². The van der Waals surface area contributed by atoms with Gasteiger partial charge >= 0.3 is 6.09 Å². The maximum Gasteiger partial charge on any atom is 0.407 e. The molecule has 1 rings (SSSR count). The van der Waals surface area contributed by atoms with E-state index in [0.29, 0.717) is 0 Å². The molecule has 1 aromatic rings. The highest BCUT2D eigenvalue weighted by atomic mass is 35.6. The standard InChI is InChI=1S/C10H10Cl3NO3/c11-10(12,13)6-17-9(16)14-5-7-1-3-8(15)4-2-7/h1-4,15H,5-6H2,(H,14,16). The van der Waals surface area contributed by atoms with Crippen molar-refractivity contribution >= 4 is 40.9 Å². The number of carbonyl (C=O) groups is 1. The number of halogens is 3. The first kappa shape index (κ1) is 14.2. The number of phenolic OH excluding ortho intramolecular Hbond substituents is 1. The summed E-state index contributed by atoms with van der Waals surface area (Å²) in [4.78, 5) is 11.2. The first-order chi connectivity index (χ1) is 7.87. The van der Waals surface area contributed by atoms with Gasteiger partial charge in [-0.2, -0.15) is 0 Å². The van der Waals surface area contributed by atoms with E-state index < -0.39 is 9.89 Å². The zero-order valence-corrected chi connectivity index (χ0v) is 10.9. The summed E-state index contributed by atoms with van der Waals surface area (Å²) in [6.45, 7) is -0.0575. The molecule has 0 aliphatic heterocycles. The van der Waals surface area contributed by atoms with Crippen molar-refractivity contribution in [1.82, 2.24) is 5.32 Å². The van der Waals surface area contributed by atoms with Crippen LogP contribution in [-0.2, 0) is 11.3 Å². The average molecular weight is 299 g/mol. The highest BCUT2D eigenvalue weighted by molar-refractivity contribution is 6.67. The van der Waals surface area contributed by atoms with E-state index in [1.807, 2.05) is 0 Å². The molecule has 0 fully saturated rings. The summed E-state index contributed by atoms with van der Waals surface area (Å²) < 4.78 is 3.04. The molecular weight excluding hydrogens is 288 g/mol. The van der Waals surface area contributed by atoms with E-state index >= 15 is 0 Å². The van der Waals surface area contributed by atoms with Gasteiger partial charge < -0.3 is 15.2 Å². The van der Waals surface area contributed by atoms with Crippen LogP contribution in [0.3, 0.4) is 0 Å². The van der Waals surface area contributed by atoms with Crippen molar-refractivity contribution in [2.24, 2.45) is 0 Å². The maximum atomic E-state index is 11.2. The highest BCUT2D eigenvalue weighted by Crippen LogP contribution is 2.25. The molecule has 0 saturated heterocycles. The minimum atomic E-state index is -1.62. The van der Waals surface area contributed by atoms with Crippen molar-refractivity contribution in [3.63, 3.8) is 0 Å². The summed E-state index contributed by atoms with van der Waals surface area (Å²) in [6, 6.07) is 6.38. The summed E-state index contributed by atoms with van der Waals surface area (Å²) >= 11 is 16.2.